The number of nitrogens with two attached hydrogens (primary N) is 1. The predicted molar refractivity (Wildman–Crippen MR) is 133 cm³/mol. The molecule has 1 unspecified atom stereocenters. The third kappa shape index (κ3) is 6.56. The number of benzene rings is 2. The highest BCUT2D eigenvalue weighted by molar-refractivity contribution is 6.20. The molecule has 0 bridgehead atoms. The number of nitrogens with zero attached hydrogens (tertiary/aromatic N) is 1. The molecular formula is C27H28F4N4O3. The third-order valence-electron chi connectivity index (χ3n) is 6.80. The van der Waals surface area contributed by atoms with Crippen molar-refractivity contribution in [2.75, 3.05) is 5.32 Å². The quantitative estimate of drug-likeness (QED) is 0.420. The molecule has 0 saturated heterocycles. The summed E-state index contributed by atoms with van der Waals surface area (Å²) in [6.45, 7) is 1.84. The van der Waals surface area contributed by atoms with Crippen molar-refractivity contribution in [1.82, 2.24) is 5.32 Å². The highest BCUT2D eigenvalue weighted by Crippen LogP contribution is 2.39. The van der Waals surface area contributed by atoms with E-state index in [1.165, 1.54) is 6.07 Å². The number of nitrogens with one attached hydrogen (secondary N) is 2. The summed E-state index contributed by atoms with van der Waals surface area (Å²) < 4.78 is 54.0. The van der Waals surface area contributed by atoms with Crippen molar-refractivity contribution < 1.29 is 31.9 Å². The summed E-state index contributed by atoms with van der Waals surface area (Å²) in [6.07, 6.45) is -6.33. The Morgan fingerprint density at radius 3 is 2.50 bits per heavy atom. The molecule has 38 heavy (non-hydrogen) atoms. The molecule has 2 aliphatic rings. The van der Waals surface area contributed by atoms with Gasteiger partial charge in [0.05, 0.1) is 11.4 Å². The van der Waals surface area contributed by atoms with Gasteiger partial charge >= 0.3 is 6.18 Å². The van der Waals surface area contributed by atoms with Crippen LogP contribution in [0.1, 0.15) is 48.8 Å². The number of benzodiazepines with no additional fused rings is 1. The van der Waals surface area contributed by atoms with Gasteiger partial charge < -0.3 is 16.4 Å². The van der Waals surface area contributed by atoms with E-state index < -0.39 is 60.6 Å². The molecule has 1 saturated carbocycles. The van der Waals surface area contributed by atoms with Crippen LogP contribution in [0.25, 0.3) is 0 Å². The SMILES string of the molecule is Cc1cccc(C2=N[C@H](NC(=O)C(CCC(F)(F)F)[C@H](CC3CC3)C(N)=O)C(=O)Nc3c(F)cccc32)c1. The number of hydrogen-bond acceptors (Lipinski definition) is 4. The van der Waals surface area contributed by atoms with Crippen LogP contribution in [0.2, 0.25) is 0 Å². The maximum Gasteiger partial charge on any atom is 0.389 e. The Balaban J connectivity index is 1.69. The fourth-order valence-corrected chi connectivity index (χ4v) is 4.68. The van der Waals surface area contributed by atoms with Crippen LogP contribution < -0.4 is 16.4 Å². The number of rotatable bonds is 9. The molecule has 202 valence electrons. The third-order valence-corrected chi connectivity index (χ3v) is 6.80. The first kappa shape index (κ1) is 27.3. The lowest BCUT2D eigenvalue weighted by Crippen LogP contribution is -2.48. The highest BCUT2D eigenvalue weighted by atomic mass is 19.4. The van der Waals surface area contributed by atoms with Crippen LogP contribution in [-0.2, 0) is 14.4 Å². The average molecular weight is 533 g/mol. The molecule has 4 N–H and O–H groups in total. The zero-order chi connectivity index (χ0) is 27.6. The van der Waals surface area contributed by atoms with Gasteiger partial charge in [0.25, 0.3) is 5.91 Å². The van der Waals surface area contributed by atoms with E-state index in [4.69, 9.17) is 5.73 Å². The van der Waals surface area contributed by atoms with Crippen molar-refractivity contribution >= 4 is 29.1 Å². The van der Waals surface area contributed by atoms with Crippen LogP contribution in [0.15, 0.2) is 47.5 Å². The number of aryl methyl sites for hydroxylation is 1. The lowest BCUT2D eigenvalue weighted by atomic mass is 9.83. The van der Waals surface area contributed by atoms with Gasteiger partial charge in [-0.3, -0.25) is 14.4 Å². The monoisotopic (exact) mass is 532 g/mol. The molecule has 1 fully saturated rings. The maximum absolute atomic E-state index is 14.7. The highest BCUT2D eigenvalue weighted by Gasteiger charge is 2.41. The van der Waals surface area contributed by atoms with Crippen molar-refractivity contribution in [3.05, 3.63) is 65.0 Å². The minimum Gasteiger partial charge on any atom is -0.369 e. The van der Waals surface area contributed by atoms with Gasteiger partial charge in [-0.1, -0.05) is 48.7 Å². The summed E-state index contributed by atoms with van der Waals surface area (Å²) in [5, 5.41) is 4.84. The maximum atomic E-state index is 14.7. The zero-order valence-corrected chi connectivity index (χ0v) is 20.6. The Morgan fingerprint density at radius 1 is 1.16 bits per heavy atom. The number of carbonyl (C=O) groups is 3. The molecule has 11 heteroatoms. The lowest BCUT2D eigenvalue weighted by molar-refractivity contribution is -0.146. The molecule has 0 radical (unpaired) electrons. The van der Waals surface area contributed by atoms with Crippen molar-refractivity contribution in [3.63, 3.8) is 0 Å². The van der Waals surface area contributed by atoms with Gasteiger partial charge in [0, 0.05) is 29.4 Å². The largest absolute Gasteiger partial charge is 0.389 e. The Kier molecular flexibility index (Phi) is 7.84. The second-order valence-corrected chi connectivity index (χ2v) is 9.86. The molecule has 1 heterocycles. The average Bonchev–Trinajstić information content (AvgIpc) is 3.66. The smallest absolute Gasteiger partial charge is 0.369 e. The number of halogens is 4. The Labute approximate surface area is 216 Å². The number of amides is 3. The van der Waals surface area contributed by atoms with E-state index >= 15 is 0 Å². The van der Waals surface area contributed by atoms with E-state index in [1.54, 1.807) is 24.3 Å². The second kappa shape index (κ2) is 10.9. The first-order valence-electron chi connectivity index (χ1n) is 12.3. The summed E-state index contributed by atoms with van der Waals surface area (Å²) >= 11 is 0. The second-order valence-electron chi connectivity index (χ2n) is 9.86. The minimum atomic E-state index is -4.56. The van der Waals surface area contributed by atoms with Gasteiger partial charge in [-0.2, -0.15) is 13.2 Å². The lowest BCUT2D eigenvalue weighted by Gasteiger charge is -2.26. The molecule has 0 aromatic heterocycles. The number of carbonyl (C=O) groups excluding carboxylic acids is 3. The van der Waals surface area contributed by atoms with E-state index in [-0.39, 0.29) is 29.3 Å². The fraction of sp³-hybridized carbons (Fsp3) is 0.407. The van der Waals surface area contributed by atoms with Crippen LogP contribution >= 0.6 is 0 Å². The molecule has 0 spiro atoms. The number of hydrogen-bond donors (Lipinski definition) is 3. The van der Waals surface area contributed by atoms with E-state index in [0.717, 1.165) is 24.5 Å². The first-order valence-corrected chi connectivity index (χ1v) is 12.3. The van der Waals surface area contributed by atoms with Gasteiger partial charge in [0.2, 0.25) is 18.0 Å². The van der Waals surface area contributed by atoms with Gasteiger partial charge in [-0.25, -0.2) is 9.38 Å². The number of fused-ring (bicyclic) bond motifs is 1. The number of alkyl halides is 3. The Bertz CT molecular complexity index is 1270. The Hall–Kier alpha value is -3.76. The van der Waals surface area contributed by atoms with Crippen molar-refractivity contribution in [2.24, 2.45) is 28.5 Å². The molecule has 7 nitrogen and oxygen atoms in total. The van der Waals surface area contributed by atoms with Gasteiger partial charge in [0.1, 0.15) is 5.82 Å². The van der Waals surface area contributed by atoms with Crippen LogP contribution in [0.5, 0.6) is 0 Å². The Morgan fingerprint density at radius 2 is 1.87 bits per heavy atom. The summed E-state index contributed by atoms with van der Waals surface area (Å²) in [6, 6.07) is 11.2. The molecule has 1 aliphatic heterocycles. The minimum absolute atomic E-state index is 0.110. The number of primary amides is 1. The molecule has 1 aliphatic carbocycles. The van der Waals surface area contributed by atoms with Gasteiger partial charge in [-0.05, 0) is 37.8 Å². The standard InChI is InChI=1S/C27H28F4N4O3/c1-14-4-2-5-16(12-14)21-18-6-3-7-20(28)22(18)34-26(38)24(33-21)35-25(37)17(10-11-27(29,30)31)19(23(32)36)13-15-8-9-15/h2-7,12,15,17,19,24H,8-11,13H2,1H3,(H2,32,36)(H,34,38)(H,35,37)/t17?,19-,24+/m0/s1. The molecule has 3 amide bonds. The molecular weight excluding hydrogens is 504 g/mol. The van der Waals surface area contributed by atoms with Gasteiger partial charge in [0.15, 0.2) is 0 Å². The molecule has 3 atom stereocenters. The van der Waals surface area contributed by atoms with E-state index in [1.807, 2.05) is 13.0 Å². The molecule has 4 rings (SSSR count). The molecule has 2 aromatic rings. The first-order chi connectivity index (χ1) is 17.9. The molecule has 2 aromatic carbocycles. The van der Waals surface area contributed by atoms with E-state index in [2.05, 4.69) is 15.6 Å². The van der Waals surface area contributed by atoms with Gasteiger partial charge in [-0.15, -0.1) is 0 Å². The van der Waals surface area contributed by atoms with Crippen molar-refractivity contribution in [3.8, 4) is 0 Å². The van der Waals surface area contributed by atoms with Crippen LogP contribution in [0.3, 0.4) is 0 Å². The van der Waals surface area contributed by atoms with Crippen LogP contribution in [-0.4, -0.2) is 35.8 Å². The number of aliphatic imine (C=N–C) groups is 1. The zero-order valence-electron chi connectivity index (χ0n) is 20.6. The normalized spacial score (nSPS) is 18.9. The van der Waals surface area contributed by atoms with Crippen molar-refractivity contribution in [2.45, 2.75) is 51.4 Å². The topological polar surface area (TPSA) is 114 Å². The van der Waals surface area contributed by atoms with Crippen molar-refractivity contribution in [1.29, 1.82) is 0 Å². The fourth-order valence-electron chi connectivity index (χ4n) is 4.68. The summed E-state index contributed by atoms with van der Waals surface area (Å²) in [7, 11) is 0. The number of para-hydroxylation sites is 1. The van der Waals surface area contributed by atoms with E-state index in [0.29, 0.717) is 5.56 Å². The summed E-state index contributed by atoms with van der Waals surface area (Å²) in [5.41, 5.74) is 7.28. The van der Waals surface area contributed by atoms with Crippen LogP contribution in [0.4, 0.5) is 23.2 Å². The van der Waals surface area contributed by atoms with Crippen LogP contribution in [0, 0.1) is 30.5 Å². The number of anilines is 1. The summed E-state index contributed by atoms with van der Waals surface area (Å²) in [4.78, 5) is 43.1. The van der Waals surface area contributed by atoms with E-state index in [9.17, 15) is 31.9 Å². The summed E-state index contributed by atoms with van der Waals surface area (Å²) in [5.74, 6) is -5.85. The predicted octanol–water partition coefficient (Wildman–Crippen LogP) is 4.23.